The van der Waals surface area contributed by atoms with Gasteiger partial charge in [0.1, 0.15) is 5.65 Å². The third-order valence-electron chi connectivity index (χ3n) is 5.46. The molecule has 3 aromatic heterocycles. The molecule has 1 atom stereocenters. The number of piperidine rings is 1. The molecule has 3 aromatic rings. The summed E-state index contributed by atoms with van der Waals surface area (Å²) in [4.78, 5) is 30.2. The Morgan fingerprint density at radius 2 is 2.19 bits per heavy atom. The molecule has 0 saturated carbocycles. The quantitative estimate of drug-likeness (QED) is 0.497. The number of nitrogens with zero attached hydrogens (tertiary/aromatic N) is 4. The first kappa shape index (κ1) is 21.8. The van der Waals surface area contributed by atoms with Crippen molar-refractivity contribution >= 4 is 46.0 Å². The monoisotopic (exact) mass is 464 g/mol. The summed E-state index contributed by atoms with van der Waals surface area (Å²) in [5.74, 6) is 0.479. The number of rotatable bonds is 7. The van der Waals surface area contributed by atoms with E-state index in [0.29, 0.717) is 53.9 Å². The third kappa shape index (κ3) is 4.91. The molecule has 0 spiro atoms. The number of fused-ring (bicyclic) bond motifs is 1. The number of amides is 1. The van der Waals surface area contributed by atoms with E-state index in [1.54, 1.807) is 18.5 Å². The average molecular weight is 465 g/mol. The Labute approximate surface area is 189 Å². The van der Waals surface area contributed by atoms with E-state index in [-0.39, 0.29) is 17.8 Å². The lowest BCUT2D eigenvalue weighted by Gasteiger charge is -2.36. The van der Waals surface area contributed by atoms with Crippen molar-refractivity contribution in [2.45, 2.75) is 38.1 Å². The maximum absolute atomic E-state index is 14.4. The molecule has 0 aliphatic carbocycles. The number of carbonyl (C=O) groups is 1. The largest absolute Gasteiger partial charge is 0.365 e. The molecule has 0 bridgehead atoms. The molecule has 164 valence electrons. The summed E-state index contributed by atoms with van der Waals surface area (Å²) in [5, 5.41) is 4.34. The first-order valence-corrected chi connectivity index (χ1v) is 11.2. The number of nitrogens with one attached hydrogen (secondary N) is 2. The summed E-state index contributed by atoms with van der Waals surface area (Å²) >= 11 is 11.8. The predicted molar refractivity (Wildman–Crippen MR) is 120 cm³/mol. The van der Waals surface area contributed by atoms with E-state index in [9.17, 15) is 9.18 Å². The van der Waals surface area contributed by atoms with E-state index in [1.807, 2.05) is 4.90 Å². The first-order valence-electron chi connectivity index (χ1n) is 10.3. The number of alkyl halides is 1. The second kappa shape index (κ2) is 9.78. The van der Waals surface area contributed by atoms with Gasteiger partial charge >= 0.3 is 0 Å². The van der Waals surface area contributed by atoms with Gasteiger partial charge in [0.05, 0.1) is 11.2 Å². The van der Waals surface area contributed by atoms with Crippen LogP contribution >= 0.6 is 23.2 Å². The Kier molecular flexibility index (Phi) is 6.87. The number of H-pyrrole nitrogens is 1. The van der Waals surface area contributed by atoms with Gasteiger partial charge in [0, 0.05) is 54.8 Å². The van der Waals surface area contributed by atoms with Gasteiger partial charge in [0.15, 0.2) is 17.5 Å². The van der Waals surface area contributed by atoms with Gasteiger partial charge in [-0.05, 0) is 31.7 Å². The normalized spacial score (nSPS) is 16.6. The van der Waals surface area contributed by atoms with Gasteiger partial charge in [-0.1, -0.05) is 11.6 Å². The van der Waals surface area contributed by atoms with Gasteiger partial charge in [0.25, 0.3) is 0 Å². The fourth-order valence-electron chi connectivity index (χ4n) is 3.90. The zero-order valence-electron chi connectivity index (χ0n) is 16.9. The van der Waals surface area contributed by atoms with Crippen LogP contribution in [0, 0.1) is 5.82 Å². The standard InChI is InChI=1S/C21H23Cl2FN6O/c22-6-3-5-18(31)30-7-2-1-4-14(30)10-26-21-17(24)12-28-20(29-21)16-11-27-19-15(16)8-13(23)9-25-19/h8-9,11-12,14H,1-7,10H2,(H,25,27)(H,26,28,29). The van der Waals surface area contributed by atoms with Gasteiger partial charge in [-0.3, -0.25) is 4.79 Å². The van der Waals surface area contributed by atoms with E-state index < -0.39 is 5.82 Å². The number of halogens is 3. The van der Waals surface area contributed by atoms with Gasteiger partial charge < -0.3 is 15.2 Å². The Morgan fingerprint density at radius 1 is 1.32 bits per heavy atom. The van der Waals surface area contributed by atoms with Crippen LogP contribution in [0.3, 0.4) is 0 Å². The summed E-state index contributed by atoms with van der Waals surface area (Å²) < 4.78 is 14.4. The van der Waals surface area contributed by atoms with Gasteiger partial charge in [0.2, 0.25) is 5.91 Å². The summed E-state index contributed by atoms with van der Waals surface area (Å²) in [5.41, 5.74) is 1.33. The van der Waals surface area contributed by atoms with E-state index in [4.69, 9.17) is 23.2 Å². The maximum atomic E-state index is 14.4. The van der Waals surface area contributed by atoms with Crippen LogP contribution in [0.15, 0.2) is 24.7 Å². The molecule has 1 fully saturated rings. The van der Waals surface area contributed by atoms with Crippen molar-refractivity contribution in [3.05, 3.63) is 35.5 Å². The minimum atomic E-state index is -0.546. The molecule has 1 unspecified atom stereocenters. The van der Waals surface area contributed by atoms with Crippen LogP contribution in [0.4, 0.5) is 10.2 Å². The highest BCUT2D eigenvalue weighted by Gasteiger charge is 2.26. The molecule has 4 heterocycles. The summed E-state index contributed by atoms with van der Waals surface area (Å²) in [6.07, 6.45) is 8.39. The summed E-state index contributed by atoms with van der Waals surface area (Å²) in [6.45, 7) is 1.13. The molecular weight excluding hydrogens is 442 g/mol. The molecule has 0 aromatic carbocycles. The second-order valence-electron chi connectivity index (χ2n) is 7.55. The third-order valence-corrected chi connectivity index (χ3v) is 5.93. The van der Waals surface area contributed by atoms with Crippen molar-refractivity contribution in [2.24, 2.45) is 0 Å². The molecule has 7 nitrogen and oxygen atoms in total. The Morgan fingerprint density at radius 3 is 3.03 bits per heavy atom. The van der Waals surface area contributed by atoms with Crippen LogP contribution in [-0.4, -0.2) is 55.8 Å². The molecule has 0 radical (unpaired) electrons. The van der Waals surface area contributed by atoms with Crippen molar-refractivity contribution in [1.82, 2.24) is 24.8 Å². The van der Waals surface area contributed by atoms with Crippen LogP contribution in [-0.2, 0) is 4.79 Å². The van der Waals surface area contributed by atoms with Gasteiger partial charge in [-0.25, -0.2) is 19.3 Å². The maximum Gasteiger partial charge on any atom is 0.222 e. The molecule has 1 aliphatic heterocycles. The Bertz CT molecular complexity index is 1080. The molecular formula is C21H23Cl2FN6O. The summed E-state index contributed by atoms with van der Waals surface area (Å²) in [6, 6.07) is 1.76. The number of aromatic nitrogens is 4. The molecule has 10 heteroatoms. The minimum absolute atomic E-state index is 0.00881. The number of aromatic amines is 1. The van der Waals surface area contributed by atoms with E-state index in [1.165, 1.54) is 0 Å². The average Bonchev–Trinajstić information content (AvgIpc) is 3.20. The second-order valence-corrected chi connectivity index (χ2v) is 8.37. The highest BCUT2D eigenvalue weighted by molar-refractivity contribution is 6.31. The van der Waals surface area contributed by atoms with Crippen LogP contribution < -0.4 is 5.32 Å². The van der Waals surface area contributed by atoms with Crippen LogP contribution in [0.25, 0.3) is 22.4 Å². The molecule has 31 heavy (non-hydrogen) atoms. The van der Waals surface area contributed by atoms with Gasteiger partial charge in [-0.15, -0.1) is 11.6 Å². The number of hydrogen-bond donors (Lipinski definition) is 2. The number of likely N-dealkylation sites (tertiary alicyclic amines) is 1. The molecule has 1 aliphatic rings. The lowest BCUT2D eigenvalue weighted by molar-refractivity contribution is -0.134. The highest BCUT2D eigenvalue weighted by Crippen LogP contribution is 2.28. The van der Waals surface area contributed by atoms with E-state index in [2.05, 4.69) is 25.3 Å². The molecule has 2 N–H and O–H groups in total. The van der Waals surface area contributed by atoms with Gasteiger partial charge in [-0.2, -0.15) is 0 Å². The number of hydrogen-bond acceptors (Lipinski definition) is 5. The van der Waals surface area contributed by atoms with E-state index in [0.717, 1.165) is 30.8 Å². The first-order chi connectivity index (χ1) is 15.1. The summed E-state index contributed by atoms with van der Waals surface area (Å²) in [7, 11) is 0. The zero-order valence-corrected chi connectivity index (χ0v) is 18.4. The number of pyridine rings is 1. The number of carbonyl (C=O) groups excluding carboxylic acids is 1. The number of anilines is 1. The van der Waals surface area contributed by atoms with Crippen molar-refractivity contribution in [1.29, 1.82) is 0 Å². The van der Waals surface area contributed by atoms with Crippen molar-refractivity contribution in [3.63, 3.8) is 0 Å². The van der Waals surface area contributed by atoms with Crippen molar-refractivity contribution in [3.8, 4) is 11.4 Å². The lowest BCUT2D eigenvalue weighted by Crippen LogP contribution is -2.47. The van der Waals surface area contributed by atoms with E-state index >= 15 is 0 Å². The van der Waals surface area contributed by atoms with Crippen LogP contribution in [0.2, 0.25) is 5.02 Å². The topological polar surface area (TPSA) is 86.8 Å². The van der Waals surface area contributed by atoms with Crippen molar-refractivity contribution in [2.75, 3.05) is 24.3 Å². The SMILES string of the molecule is O=C(CCCCl)N1CCCCC1CNc1nc(-c2c[nH]c3ncc(Cl)cc23)ncc1F. The predicted octanol–water partition coefficient (Wildman–Crippen LogP) is 4.62. The lowest BCUT2D eigenvalue weighted by atomic mass is 10.0. The fourth-order valence-corrected chi connectivity index (χ4v) is 4.19. The zero-order chi connectivity index (χ0) is 21.8. The Balaban J connectivity index is 1.52. The Hall–Kier alpha value is -2.45. The van der Waals surface area contributed by atoms with Crippen LogP contribution in [0.1, 0.15) is 32.1 Å². The molecule has 1 saturated heterocycles. The van der Waals surface area contributed by atoms with Crippen LogP contribution in [0.5, 0.6) is 0 Å². The smallest absolute Gasteiger partial charge is 0.222 e. The fraction of sp³-hybridized carbons (Fsp3) is 0.429. The van der Waals surface area contributed by atoms with Crippen molar-refractivity contribution < 1.29 is 9.18 Å². The molecule has 4 rings (SSSR count). The minimum Gasteiger partial charge on any atom is -0.365 e. The highest BCUT2D eigenvalue weighted by atomic mass is 35.5. The molecule has 1 amide bonds.